The van der Waals surface area contributed by atoms with E-state index in [-0.39, 0.29) is 12.6 Å². The van der Waals surface area contributed by atoms with Crippen molar-refractivity contribution < 1.29 is 18.7 Å². The maximum absolute atomic E-state index is 13.7. The van der Waals surface area contributed by atoms with E-state index in [1.54, 1.807) is 47.3 Å². The molecule has 1 atom stereocenters. The van der Waals surface area contributed by atoms with Crippen LogP contribution in [0.25, 0.3) is 0 Å². The number of urea groups is 1. The number of nitrogens with zero attached hydrogens (tertiary/aromatic N) is 2. The van der Waals surface area contributed by atoms with Gasteiger partial charge in [0.05, 0.1) is 0 Å². The number of carbonyl (C=O) groups excluding carboxylic acids is 1. The Morgan fingerprint density at radius 3 is 2.85 bits per heavy atom. The number of carbonyl (C=O) groups is 1. The number of ether oxygens (including phenoxy) is 2. The highest BCUT2D eigenvalue weighted by molar-refractivity contribution is 5.90. The molecule has 0 radical (unpaired) electrons. The van der Waals surface area contributed by atoms with Crippen LogP contribution in [0.4, 0.5) is 14.9 Å². The lowest BCUT2D eigenvalue weighted by Crippen LogP contribution is -2.34. The second-order valence-corrected chi connectivity index (χ2v) is 6.05. The van der Waals surface area contributed by atoms with Gasteiger partial charge >= 0.3 is 6.03 Å². The Labute approximate surface area is 154 Å². The van der Waals surface area contributed by atoms with E-state index in [2.05, 4.69) is 15.6 Å². The Bertz CT molecular complexity index is 989. The number of nitrogens with one attached hydrogen (secondary N) is 2. The van der Waals surface area contributed by atoms with Crippen LogP contribution in [0.3, 0.4) is 0 Å². The number of hydrogen-bond acceptors (Lipinski definition) is 4. The summed E-state index contributed by atoms with van der Waals surface area (Å²) in [5, 5.41) is 5.60. The van der Waals surface area contributed by atoms with Crippen LogP contribution in [0.1, 0.15) is 17.4 Å². The molecular weight excluding hydrogens is 351 g/mol. The second-order valence-electron chi connectivity index (χ2n) is 6.05. The highest BCUT2D eigenvalue weighted by Crippen LogP contribution is 2.34. The number of halogens is 1. The Kier molecular flexibility index (Phi) is 4.37. The molecule has 0 saturated heterocycles. The monoisotopic (exact) mass is 368 g/mol. The van der Waals surface area contributed by atoms with Gasteiger partial charge in [-0.05, 0) is 29.8 Å². The molecule has 1 aliphatic heterocycles. The molecule has 1 aromatic heterocycles. The smallest absolute Gasteiger partial charge is 0.320 e. The normalized spacial score (nSPS) is 13.3. The fraction of sp³-hybridized carbons (Fsp3) is 0.158. The highest BCUT2D eigenvalue weighted by atomic mass is 19.1. The maximum Gasteiger partial charge on any atom is 0.320 e. The molecule has 7 nitrogen and oxygen atoms in total. The third kappa shape index (κ3) is 3.55. The molecule has 0 spiro atoms. The van der Waals surface area contributed by atoms with E-state index < -0.39 is 12.1 Å². The Balaban J connectivity index is 1.56. The van der Waals surface area contributed by atoms with Crippen LogP contribution in [0.15, 0.2) is 54.9 Å². The summed E-state index contributed by atoms with van der Waals surface area (Å²) in [6, 6.07) is 10.1. The Morgan fingerprint density at radius 1 is 1.22 bits per heavy atom. The Morgan fingerprint density at radius 2 is 2.07 bits per heavy atom. The zero-order valence-corrected chi connectivity index (χ0v) is 14.5. The number of amides is 2. The first-order chi connectivity index (χ1) is 13.1. The first kappa shape index (κ1) is 16.9. The van der Waals surface area contributed by atoms with E-state index in [1.807, 2.05) is 7.05 Å². The number of imidazole rings is 1. The lowest BCUT2D eigenvalue weighted by atomic mass is 10.1. The highest BCUT2D eigenvalue weighted by Gasteiger charge is 2.22. The minimum atomic E-state index is -0.616. The molecule has 3 aromatic rings. The van der Waals surface area contributed by atoms with Crippen LogP contribution in [0.5, 0.6) is 11.5 Å². The molecule has 0 saturated carbocycles. The fourth-order valence-corrected chi connectivity index (χ4v) is 2.91. The minimum Gasteiger partial charge on any atom is -0.454 e. The van der Waals surface area contributed by atoms with Crippen LogP contribution in [0, 0.1) is 5.82 Å². The third-order valence-electron chi connectivity index (χ3n) is 4.20. The van der Waals surface area contributed by atoms with Crippen LogP contribution >= 0.6 is 0 Å². The molecule has 4 rings (SSSR count). The topological polar surface area (TPSA) is 77.4 Å². The lowest BCUT2D eigenvalue weighted by Gasteiger charge is -2.19. The van der Waals surface area contributed by atoms with Crippen LogP contribution in [-0.2, 0) is 7.05 Å². The van der Waals surface area contributed by atoms with E-state index in [4.69, 9.17) is 9.47 Å². The molecule has 1 aliphatic rings. The molecule has 0 bridgehead atoms. The number of hydrogen-bond donors (Lipinski definition) is 2. The van der Waals surface area contributed by atoms with Crippen molar-refractivity contribution in [2.24, 2.45) is 7.05 Å². The van der Waals surface area contributed by atoms with Gasteiger partial charge in [-0.1, -0.05) is 12.1 Å². The van der Waals surface area contributed by atoms with E-state index in [0.717, 1.165) is 0 Å². The summed E-state index contributed by atoms with van der Waals surface area (Å²) in [5.74, 6) is 1.40. The van der Waals surface area contributed by atoms with Crippen molar-refractivity contribution in [2.45, 2.75) is 6.04 Å². The molecule has 0 aliphatic carbocycles. The first-order valence-corrected chi connectivity index (χ1v) is 8.30. The average Bonchev–Trinajstić information content (AvgIpc) is 3.28. The van der Waals surface area contributed by atoms with Crippen LogP contribution < -0.4 is 20.1 Å². The number of benzene rings is 2. The van der Waals surface area contributed by atoms with Crippen LogP contribution in [-0.4, -0.2) is 22.4 Å². The van der Waals surface area contributed by atoms with Gasteiger partial charge in [0.1, 0.15) is 17.7 Å². The van der Waals surface area contributed by atoms with Gasteiger partial charge in [-0.15, -0.1) is 0 Å². The summed E-state index contributed by atoms with van der Waals surface area (Å²) in [5.41, 5.74) is 1.14. The SMILES string of the molecule is Cn1ccnc1[C@@H](NC(=O)Nc1ccc2c(c1)OCO2)c1cccc(F)c1. The van der Waals surface area contributed by atoms with Crippen molar-refractivity contribution in [1.29, 1.82) is 0 Å². The summed E-state index contributed by atoms with van der Waals surface area (Å²) in [6.45, 7) is 0.159. The van der Waals surface area contributed by atoms with Gasteiger partial charge < -0.3 is 24.7 Å². The van der Waals surface area contributed by atoms with Crippen molar-refractivity contribution in [3.05, 3.63) is 72.1 Å². The summed E-state index contributed by atoms with van der Waals surface area (Å²) in [6.07, 6.45) is 3.39. The van der Waals surface area contributed by atoms with Gasteiger partial charge in [0.15, 0.2) is 11.5 Å². The van der Waals surface area contributed by atoms with Gasteiger partial charge in [-0.2, -0.15) is 0 Å². The van der Waals surface area contributed by atoms with Crippen molar-refractivity contribution in [3.63, 3.8) is 0 Å². The van der Waals surface area contributed by atoms with Gasteiger partial charge in [-0.25, -0.2) is 14.2 Å². The van der Waals surface area contributed by atoms with Gasteiger partial charge in [0.25, 0.3) is 0 Å². The number of aromatic nitrogens is 2. The van der Waals surface area contributed by atoms with Gasteiger partial charge in [0, 0.05) is 31.2 Å². The van der Waals surface area contributed by atoms with Crippen molar-refractivity contribution in [1.82, 2.24) is 14.9 Å². The average molecular weight is 368 g/mol. The first-order valence-electron chi connectivity index (χ1n) is 8.30. The Hall–Kier alpha value is -3.55. The minimum absolute atomic E-state index is 0.159. The van der Waals surface area contributed by atoms with E-state index in [1.165, 1.54) is 12.1 Å². The predicted octanol–water partition coefficient (Wildman–Crippen LogP) is 3.20. The fourth-order valence-electron chi connectivity index (χ4n) is 2.91. The molecule has 2 aromatic carbocycles. The molecule has 27 heavy (non-hydrogen) atoms. The number of anilines is 1. The number of fused-ring (bicyclic) bond motifs is 1. The van der Waals surface area contributed by atoms with Gasteiger partial charge in [-0.3, -0.25) is 0 Å². The van der Waals surface area contributed by atoms with E-state index in [0.29, 0.717) is 28.6 Å². The number of aryl methyl sites for hydroxylation is 1. The molecular formula is C19H17FN4O3. The van der Waals surface area contributed by atoms with Crippen LogP contribution in [0.2, 0.25) is 0 Å². The quantitative estimate of drug-likeness (QED) is 0.741. The summed E-state index contributed by atoms with van der Waals surface area (Å²) >= 11 is 0. The molecule has 8 heteroatoms. The van der Waals surface area contributed by atoms with Crippen molar-refractivity contribution in [3.8, 4) is 11.5 Å². The molecule has 0 unspecified atom stereocenters. The molecule has 0 fully saturated rings. The van der Waals surface area contributed by atoms with E-state index >= 15 is 0 Å². The van der Waals surface area contributed by atoms with Crippen molar-refractivity contribution in [2.75, 3.05) is 12.1 Å². The molecule has 2 N–H and O–H groups in total. The largest absolute Gasteiger partial charge is 0.454 e. The predicted molar refractivity (Wildman–Crippen MR) is 96.2 cm³/mol. The third-order valence-corrected chi connectivity index (χ3v) is 4.20. The van der Waals surface area contributed by atoms with Crippen molar-refractivity contribution >= 4 is 11.7 Å². The maximum atomic E-state index is 13.7. The zero-order valence-electron chi connectivity index (χ0n) is 14.5. The second kappa shape index (κ2) is 6.99. The standard InChI is InChI=1S/C19H17FN4O3/c1-24-8-7-21-18(24)17(12-3-2-4-13(20)9-12)23-19(25)22-14-5-6-15-16(10-14)27-11-26-15/h2-10,17H,11H2,1H3,(H2,22,23,25)/t17-/m0/s1. The van der Waals surface area contributed by atoms with Gasteiger partial charge in [0.2, 0.25) is 6.79 Å². The molecule has 2 amide bonds. The summed E-state index contributed by atoms with van der Waals surface area (Å²) < 4.78 is 26.0. The zero-order chi connectivity index (χ0) is 18.8. The lowest BCUT2D eigenvalue weighted by molar-refractivity contribution is 0.174. The number of rotatable bonds is 4. The molecule has 2 heterocycles. The summed E-state index contributed by atoms with van der Waals surface area (Å²) in [4.78, 5) is 16.9. The summed E-state index contributed by atoms with van der Waals surface area (Å²) in [7, 11) is 1.81. The van der Waals surface area contributed by atoms with E-state index in [9.17, 15) is 9.18 Å². The molecule has 138 valence electrons.